The molecule has 2 aliphatic carbocycles. The average Bonchev–Trinajstić information content (AvgIpc) is 3.85. The van der Waals surface area contributed by atoms with Crippen LogP contribution in [0.3, 0.4) is 0 Å². The molecule has 3 aromatic heterocycles. The van der Waals surface area contributed by atoms with E-state index in [1.807, 2.05) is 18.2 Å². The maximum Gasteiger partial charge on any atom is 0.164 e. The maximum atomic E-state index is 5.19. The Morgan fingerprint density at radius 2 is 1.05 bits per heavy atom. The van der Waals surface area contributed by atoms with Crippen molar-refractivity contribution in [2.45, 2.75) is 51.4 Å². The Hall–Kier alpha value is -7.37. The van der Waals surface area contributed by atoms with Gasteiger partial charge in [0.05, 0.1) is 16.6 Å². The van der Waals surface area contributed by atoms with E-state index in [1.165, 1.54) is 79.9 Å². The number of hydrogen-bond donors (Lipinski definition) is 0. The molecule has 0 N–H and O–H groups in total. The first-order valence-electron chi connectivity index (χ1n) is 22.6. The van der Waals surface area contributed by atoms with Crippen LogP contribution >= 0.6 is 0 Å². The van der Waals surface area contributed by atoms with Gasteiger partial charge < -0.3 is 9.13 Å². The van der Waals surface area contributed by atoms with Gasteiger partial charge in [0.25, 0.3) is 0 Å². The third-order valence-corrected chi connectivity index (χ3v) is 13.9. The summed E-state index contributed by atoms with van der Waals surface area (Å²) in [4.78, 5) is 15.4. The van der Waals surface area contributed by atoms with Crippen molar-refractivity contribution < 1.29 is 0 Å². The van der Waals surface area contributed by atoms with E-state index < -0.39 is 0 Å². The first-order chi connectivity index (χ1) is 31.1. The molecule has 3 heterocycles. The highest BCUT2D eigenvalue weighted by atomic mass is 15.0. The molecule has 0 amide bonds. The Balaban J connectivity index is 0.956. The molecule has 2 aliphatic rings. The third-order valence-electron chi connectivity index (χ3n) is 13.9. The van der Waals surface area contributed by atoms with Crippen LogP contribution in [0.5, 0.6) is 0 Å². The quantitative estimate of drug-likeness (QED) is 0.154. The van der Waals surface area contributed by atoms with Gasteiger partial charge in [-0.2, -0.15) is 0 Å². The molecule has 0 spiro atoms. The van der Waals surface area contributed by atoms with E-state index in [2.05, 4.69) is 187 Å². The summed E-state index contributed by atoms with van der Waals surface area (Å²) in [5.74, 6) is 3.81. The van der Waals surface area contributed by atoms with Crippen LogP contribution in [0.2, 0.25) is 0 Å². The predicted octanol–water partition coefficient (Wildman–Crippen LogP) is 15.0. The van der Waals surface area contributed by atoms with E-state index in [0.29, 0.717) is 29.3 Å². The fraction of sp³-hybridized carbons (Fsp3) is 0.155. The summed E-state index contributed by atoms with van der Waals surface area (Å²) >= 11 is 0. The molecule has 0 aliphatic heterocycles. The minimum absolute atomic E-state index is 0.340. The van der Waals surface area contributed by atoms with Crippen molar-refractivity contribution in [3.8, 4) is 56.7 Å². The number of hydrogen-bond acceptors (Lipinski definition) is 3. The summed E-state index contributed by atoms with van der Waals surface area (Å²) in [5, 5.41) is 3.79. The molecule has 5 heteroatoms. The van der Waals surface area contributed by atoms with E-state index in [-0.39, 0.29) is 0 Å². The lowest BCUT2D eigenvalue weighted by atomic mass is 9.69. The molecule has 1 saturated carbocycles. The summed E-state index contributed by atoms with van der Waals surface area (Å²) in [6.45, 7) is 4.66. The van der Waals surface area contributed by atoms with E-state index >= 15 is 0 Å². The third kappa shape index (κ3) is 6.33. The molecule has 63 heavy (non-hydrogen) atoms. The second kappa shape index (κ2) is 15.2. The van der Waals surface area contributed by atoms with Crippen molar-refractivity contribution in [1.82, 2.24) is 24.1 Å². The molecule has 1 fully saturated rings. The SMILES string of the molecule is CCC1CCC1c1ccc(-c2nc(-c3ccccc3)nc(-c3cccc(-n4c5c(c6cc(-c7cccc(-n8c9ccccc9c9ccccc98)c7)ccc64)C=CCC5C)c3)n2)cc1. The van der Waals surface area contributed by atoms with Crippen LogP contribution in [0.25, 0.3) is 95.5 Å². The fourth-order valence-electron chi connectivity index (χ4n) is 10.5. The van der Waals surface area contributed by atoms with Gasteiger partial charge in [-0.15, -0.1) is 0 Å². The number of para-hydroxylation sites is 2. The monoisotopic (exact) mass is 813 g/mol. The van der Waals surface area contributed by atoms with Crippen LogP contribution in [0, 0.1) is 5.92 Å². The second-order valence-corrected chi connectivity index (χ2v) is 17.5. The molecule has 5 nitrogen and oxygen atoms in total. The van der Waals surface area contributed by atoms with Crippen LogP contribution in [0.15, 0.2) is 176 Å². The zero-order valence-electron chi connectivity index (χ0n) is 35.6. The lowest BCUT2D eigenvalue weighted by Crippen LogP contribution is -2.22. The number of aromatic nitrogens is 5. The van der Waals surface area contributed by atoms with Gasteiger partial charge in [-0.3, -0.25) is 0 Å². The van der Waals surface area contributed by atoms with Gasteiger partial charge in [0.2, 0.25) is 0 Å². The lowest BCUT2D eigenvalue weighted by molar-refractivity contribution is 0.247. The minimum Gasteiger partial charge on any atom is -0.313 e. The zero-order chi connectivity index (χ0) is 42.0. The highest BCUT2D eigenvalue weighted by Crippen LogP contribution is 2.45. The van der Waals surface area contributed by atoms with Crippen LogP contribution in [-0.2, 0) is 0 Å². The average molecular weight is 814 g/mol. The van der Waals surface area contributed by atoms with Gasteiger partial charge in [0.1, 0.15) is 0 Å². The molecule has 3 atom stereocenters. The largest absolute Gasteiger partial charge is 0.313 e. The second-order valence-electron chi connectivity index (χ2n) is 17.5. The van der Waals surface area contributed by atoms with Crippen molar-refractivity contribution in [2.24, 2.45) is 5.92 Å². The van der Waals surface area contributed by atoms with Crippen molar-refractivity contribution >= 4 is 38.8 Å². The fourth-order valence-corrected chi connectivity index (χ4v) is 10.5. The first kappa shape index (κ1) is 37.4. The van der Waals surface area contributed by atoms with E-state index in [4.69, 9.17) is 15.0 Å². The lowest BCUT2D eigenvalue weighted by Gasteiger charge is -2.36. The summed E-state index contributed by atoms with van der Waals surface area (Å²) in [5.41, 5.74) is 15.2. The Bertz CT molecular complexity index is 3330. The number of rotatable bonds is 8. The standard InChI is InChI=1S/C58H47N5/c1-3-38-30-32-47(38)39-26-28-41(29-27-39)57-59-56(40-15-5-4-6-16-40)60-58(61-57)44-18-13-20-46(35-44)63-54-33-31-43(36-51(54)50-23-11-14-37(2)55(50)63)42-17-12-19-45(34-42)62-52-24-9-7-21-48(52)49-22-8-10-25-53(49)62/h4-13,15-29,31,33-38,47H,3,14,30,32H2,1-2H3. The minimum atomic E-state index is 0.340. The van der Waals surface area contributed by atoms with E-state index in [9.17, 15) is 0 Å². The molecular weight excluding hydrogens is 767 g/mol. The summed E-state index contributed by atoms with van der Waals surface area (Å²) in [6, 6.07) is 61.4. The maximum absolute atomic E-state index is 5.19. The van der Waals surface area contributed by atoms with Crippen LogP contribution in [0.4, 0.5) is 0 Å². The number of fused-ring (bicyclic) bond motifs is 6. The van der Waals surface area contributed by atoms with Gasteiger partial charge >= 0.3 is 0 Å². The van der Waals surface area contributed by atoms with Crippen molar-refractivity contribution in [3.05, 3.63) is 193 Å². The van der Waals surface area contributed by atoms with Gasteiger partial charge in [0.15, 0.2) is 17.5 Å². The van der Waals surface area contributed by atoms with Crippen molar-refractivity contribution in [2.75, 3.05) is 0 Å². The number of allylic oxidation sites excluding steroid dienone is 1. The normalized spacial score (nSPS) is 17.0. The Labute approximate surface area is 368 Å². The first-order valence-corrected chi connectivity index (χ1v) is 22.6. The summed E-state index contributed by atoms with van der Waals surface area (Å²) < 4.78 is 4.87. The highest BCUT2D eigenvalue weighted by molar-refractivity contribution is 6.09. The van der Waals surface area contributed by atoms with Gasteiger partial charge in [-0.05, 0) is 96.3 Å². The Morgan fingerprint density at radius 3 is 1.73 bits per heavy atom. The van der Waals surface area contributed by atoms with E-state index in [0.717, 1.165) is 40.4 Å². The molecule has 0 saturated heterocycles. The predicted molar refractivity (Wildman–Crippen MR) is 261 cm³/mol. The molecular formula is C58H47N5. The molecule has 0 radical (unpaired) electrons. The Morgan fingerprint density at radius 1 is 0.492 bits per heavy atom. The molecule has 3 unspecified atom stereocenters. The number of benzene rings is 7. The Kier molecular flexibility index (Phi) is 9.03. The zero-order valence-corrected chi connectivity index (χ0v) is 35.6. The van der Waals surface area contributed by atoms with Crippen LogP contribution in [0.1, 0.15) is 68.2 Å². The van der Waals surface area contributed by atoms with Crippen molar-refractivity contribution in [3.63, 3.8) is 0 Å². The van der Waals surface area contributed by atoms with Crippen LogP contribution in [-0.4, -0.2) is 24.1 Å². The smallest absolute Gasteiger partial charge is 0.164 e. The van der Waals surface area contributed by atoms with Gasteiger partial charge in [0, 0.05) is 61.4 Å². The molecule has 10 aromatic rings. The molecule has 0 bridgehead atoms. The summed E-state index contributed by atoms with van der Waals surface area (Å²) in [6.07, 6.45) is 9.50. The summed E-state index contributed by atoms with van der Waals surface area (Å²) in [7, 11) is 0. The topological polar surface area (TPSA) is 48.5 Å². The van der Waals surface area contributed by atoms with Gasteiger partial charge in [-0.25, -0.2) is 15.0 Å². The molecule has 7 aromatic carbocycles. The van der Waals surface area contributed by atoms with Gasteiger partial charge in [-0.1, -0.05) is 154 Å². The van der Waals surface area contributed by atoms with Crippen LogP contribution < -0.4 is 0 Å². The molecule has 12 rings (SSSR count). The van der Waals surface area contributed by atoms with E-state index in [1.54, 1.807) is 0 Å². The number of nitrogens with zero attached hydrogens (tertiary/aromatic N) is 5. The van der Waals surface area contributed by atoms with Crippen molar-refractivity contribution in [1.29, 1.82) is 0 Å². The highest BCUT2D eigenvalue weighted by Gasteiger charge is 2.30. The molecule has 304 valence electrons.